The second-order valence-electron chi connectivity index (χ2n) is 5.31. The van der Waals surface area contributed by atoms with E-state index in [1.54, 1.807) is 0 Å². The van der Waals surface area contributed by atoms with E-state index in [4.69, 9.17) is 4.74 Å². The second kappa shape index (κ2) is 5.12. The molecular formula is C16H19N3O. The number of aromatic nitrogens is 2. The molecule has 2 aromatic rings. The van der Waals surface area contributed by atoms with Crippen LogP contribution in [0.5, 0.6) is 5.75 Å². The summed E-state index contributed by atoms with van der Waals surface area (Å²) in [5.74, 6) is 2.81. The fourth-order valence-corrected chi connectivity index (χ4v) is 2.59. The van der Waals surface area contributed by atoms with E-state index < -0.39 is 0 Å². The number of rotatable bonds is 3. The van der Waals surface area contributed by atoms with Gasteiger partial charge in [0.1, 0.15) is 17.4 Å². The van der Waals surface area contributed by atoms with Crippen molar-refractivity contribution in [3.63, 3.8) is 0 Å². The van der Waals surface area contributed by atoms with Gasteiger partial charge in [-0.3, -0.25) is 0 Å². The highest BCUT2D eigenvalue weighted by molar-refractivity contribution is 5.43. The third-order valence-electron chi connectivity index (χ3n) is 3.52. The molecule has 0 amide bonds. The number of hydrogen-bond acceptors (Lipinski definition) is 4. The van der Waals surface area contributed by atoms with E-state index in [0.717, 1.165) is 42.7 Å². The first kappa shape index (κ1) is 12.9. The molecule has 0 bridgehead atoms. The van der Waals surface area contributed by atoms with Gasteiger partial charge in [0.2, 0.25) is 0 Å². The lowest BCUT2D eigenvalue weighted by Gasteiger charge is -2.19. The predicted octanol–water partition coefficient (Wildman–Crippen LogP) is 2.66. The first-order chi connectivity index (χ1) is 9.61. The lowest BCUT2D eigenvalue weighted by atomic mass is 10.1. The van der Waals surface area contributed by atoms with Crippen molar-refractivity contribution in [1.29, 1.82) is 0 Å². The number of ether oxygens (including phenoxy) is 1. The summed E-state index contributed by atoms with van der Waals surface area (Å²) in [4.78, 5) is 11.0. The van der Waals surface area contributed by atoms with Gasteiger partial charge in [-0.2, -0.15) is 0 Å². The van der Waals surface area contributed by atoms with Gasteiger partial charge >= 0.3 is 0 Å². The fourth-order valence-electron chi connectivity index (χ4n) is 2.59. The van der Waals surface area contributed by atoms with E-state index in [1.165, 1.54) is 11.1 Å². The van der Waals surface area contributed by atoms with Crippen LogP contribution < -0.4 is 9.64 Å². The topological polar surface area (TPSA) is 38.2 Å². The zero-order valence-electron chi connectivity index (χ0n) is 12.2. The maximum atomic E-state index is 5.54. The number of fused-ring (bicyclic) bond motifs is 1. The van der Waals surface area contributed by atoms with Gasteiger partial charge < -0.3 is 9.64 Å². The van der Waals surface area contributed by atoms with Crippen LogP contribution in [0, 0.1) is 13.8 Å². The van der Waals surface area contributed by atoms with E-state index in [9.17, 15) is 0 Å². The Hall–Kier alpha value is -2.10. The molecule has 104 valence electrons. The van der Waals surface area contributed by atoms with Crippen molar-refractivity contribution in [2.45, 2.75) is 26.8 Å². The molecular weight excluding hydrogens is 250 g/mol. The van der Waals surface area contributed by atoms with E-state index in [0.29, 0.717) is 0 Å². The maximum Gasteiger partial charge on any atom is 0.132 e. The van der Waals surface area contributed by atoms with Crippen LogP contribution in [0.3, 0.4) is 0 Å². The molecule has 4 heteroatoms. The SMILES string of the molecule is Cc1cc(N(C)Cc2ccc3c(c2)CCO3)nc(C)n1. The minimum atomic E-state index is 0.804. The summed E-state index contributed by atoms with van der Waals surface area (Å²) in [5.41, 5.74) is 3.60. The number of aryl methyl sites for hydroxylation is 2. The first-order valence-electron chi connectivity index (χ1n) is 6.90. The number of hydrogen-bond donors (Lipinski definition) is 0. The van der Waals surface area contributed by atoms with Crippen LogP contribution in [-0.2, 0) is 13.0 Å². The molecule has 0 saturated carbocycles. The lowest BCUT2D eigenvalue weighted by Crippen LogP contribution is -2.18. The molecule has 0 radical (unpaired) electrons. The van der Waals surface area contributed by atoms with Gasteiger partial charge in [-0.1, -0.05) is 12.1 Å². The van der Waals surface area contributed by atoms with Gasteiger partial charge in [-0.25, -0.2) is 9.97 Å². The minimum absolute atomic E-state index is 0.804. The molecule has 2 heterocycles. The maximum absolute atomic E-state index is 5.54. The Bertz CT molecular complexity index is 619. The lowest BCUT2D eigenvalue weighted by molar-refractivity contribution is 0.357. The summed E-state index contributed by atoms with van der Waals surface area (Å²) in [6, 6.07) is 8.45. The quantitative estimate of drug-likeness (QED) is 0.858. The summed E-state index contributed by atoms with van der Waals surface area (Å²) < 4.78 is 5.54. The van der Waals surface area contributed by atoms with Crippen LogP contribution in [0.25, 0.3) is 0 Å². The van der Waals surface area contributed by atoms with E-state index >= 15 is 0 Å². The van der Waals surface area contributed by atoms with Gasteiger partial charge in [0.05, 0.1) is 6.61 Å². The van der Waals surface area contributed by atoms with Crippen molar-refractivity contribution in [1.82, 2.24) is 9.97 Å². The van der Waals surface area contributed by atoms with Crippen molar-refractivity contribution in [3.05, 3.63) is 46.9 Å². The minimum Gasteiger partial charge on any atom is -0.493 e. The molecule has 1 aromatic carbocycles. The number of benzene rings is 1. The van der Waals surface area contributed by atoms with E-state index in [1.807, 2.05) is 19.9 Å². The van der Waals surface area contributed by atoms with Crippen LogP contribution in [-0.4, -0.2) is 23.6 Å². The fraction of sp³-hybridized carbons (Fsp3) is 0.375. The van der Waals surface area contributed by atoms with Gasteiger partial charge in [-0.05, 0) is 31.0 Å². The Labute approximate surface area is 119 Å². The van der Waals surface area contributed by atoms with Gasteiger partial charge in [0.25, 0.3) is 0 Å². The highest BCUT2D eigenvalue weighted by Gasteiger charge is 2.13. The van der Waals surface area contributed by atoms with Crippen LogP contribution >= 0.6 is 0 Å². The van der Waals surface area contributed by atoms with Crippen LogP contribution in [0.1, 0.15) is 22.6 Å². The number of anilines is 1. The van der Waals surface area contributed by atoms with E-state index in [-0.39, 0.29) is 0 Å². The Kier molecular flexibility index (Phi) is 3.30. The summed E-state index contributed by atoms with van der Waals surface area (Å²) in [5, 5.41) is 0. The van der Waals surface area contributed by atoms with Crippen LogP contribution in [0.4, 0.5) is 5.82 Å². The molecule has 3 rings (SSSR count). The van der Waals surface area contributed by atoms with Crippen molar-refractivity contribution in [2.75, 3.05) is 18.6 Å². The predicted molar refractivity (Wildman–Crippen MR) is 79.3 cm³/mol. The normalized spacial score (nSPS) is 12.9. The van der Waals surface area contributed by atoms with Crippen LogP contribution in [0.15, 0.2) is 24.3 Å². The average molecular weight is 269 g/mol. The Morgan fingerprint density at radius 2 is 2.05 bits per heavy atom. The summed E-state index contributed by atoms with van der Waals surface area (Å²) in [6.07, 6.45) is 1.01. The first-order valence-corrected chi connectivity index (χ1v) is 6.90. The Morgan fingerprint density at radius 3 is 2.85 bits per heavy atom. The van der Waals surface area contributed by atoms with E-state index in [2.05, 4.69) is 40.1 Å². The van der Waals surface area contributed by atoms with Crippen molar-refractivity contribution in [2.24, 2.45) is 0 Å². The van der Waals surface area contributed by atoms with Gasteiger partial charge in [-0.15, -0.1) is 0 Å². The number of nitrogens with zero attached hydrogens (tertiary/aromatic N) is 3. The standard InChI is InChI=1S/C16H19N3O/c1-11-8-16(18-12(2)17-11)19(3)10-13-4-5-15-14(9-13)6-7-20-15/h4-5,8-9H,6-7,10H2,1-3H3. The Morgan fingerprint density at radius 1 is 1.20 bits per heavy atom. The molecule has 0 aliphatic carbocycles. The molecule has 1 aliphatic heterocycles. The summed E-state index contributed by atoms with van der Waals surface area (Å²) in [7, 11) is 2.06. The second-order valence-corrected chi connectivity index (χ2v) is 5.31. The zero-order valence-corrected chi connectivity index (χ0v) is 12.2. The molecule has 1 aromatic heterocycles. The smallest absolute Gasteiger partial charge is 0.132 e. The monoisotopic (exact) mass is 269 g/mol. The van der Waals surface area contributed by atoms with Crippen molar-refractivity contribution >= 4 is 5.82 Å². The van der Waals surface area contributed by atoms with Gasteiger partial charge in [0, 0.05) is 31.8 Å². The average Bonchev–Trinajstić information content (AvgIpc) is 2.85. The highest BCUT2D eigenvalue weighted by Crippen LogP contribution is 2.26. The molecule has 20 heavy (non-hydrogen) atoms. The largest absolute Gasteiger partial charge is 0.493 e. The third-order valence-corrected chi connectivity index (χ3v) is 3.52. The van der Waals surface area contributed by atoms with Gasteiger partial charge in [0.15, 0.2) is 0 Å². The Balaban J connectivity index is 1.80. The summed E-state index contributed by atoms with van der Waals surface area (Å²) in [6.45, 7) is 5.57. The van der Waals surface area contributed by atoms with Crippen molar-refractivity contribution in [3.8, 4) is 5.75 Å². The van der Waals surface area contributed by atoms with Crippen LogP contribution in [0.2, 0.25) is 0 Å². The molecule has 0 atom stereocenters. The van der Waals surface area contributed by atoms with Crippen molar-refractivity contribution < 1.29 is 4.74 Å². The molecule has 0 saturated heterocycles. The highest BCUT2D eigenvalue weighted by atomic mass is 16.5. The summed E-state index contributed by atoms with van der Waals surface area (Å²) >= 11 is 0. The third kappa shape index (κ3) is 2.59. The molecule has 0 unspecified atom stereocenters. The molecule has 0 spiro atoms. The molecule has 1 aliphatic rings. The molecule has 4 nitrogen and oxygen atoms in total. The molecule has 0 fully saturated rings. The zero-order chi connectivity index (χ0) is 14.1. The molecule has 0 N–H and O–H groups in total.